The summed E-state index contributed by atoms with van der Waals surface area (Å²) in [6, 6.07) is 50.0. The van der Waals surface area contributed by atoms with Crippen LogP contribution in [0.25, 0.3) is 66.1 Å². The first kappa shape index (κ1) is 48.4. The molecule has 6 aromatic carbocycles. The summed E-state index contributed by atoms with van der Waals surface area (Å²) in [5, 5.41) is 12.5. The number of benzene rings is 6. The molecule has 0 saturated heterocycles. The average Bonchev–Trinajstić information content (AvgIpc) is 3.97. The van der Waals surface area contributed by atoms with E-state index in [1.807, 2.05) is 0 Å². The van der Waals surface area contributed by atoms with Crippen molar-refractivity contribution in [2.75, 3.05) is 0 Å². The van der Waals surface area contributed by atoms with Crippen molar-refractivity contribution in [2.45, 2.75) is 184 Å². The van der Waals surface area contributed by atoms with Gasteiger partial charge in [0.05, 0.1) is 54.4 Å². The van der Waals surface area contributed by atoms with E-state index in [-0.39, 0.29) is 0 Å². The first-order valence-corrected chi connectivity index (χ1v) is 41.9. The standard InChI is InChI=1S/C67H84N2Si4/c1-70(2,50-18-10-9-11-19-50)53-34-38-63-59(42-53)60-43-54(71(3,4)51-20-12-13-21-51)35-39-64(60)68(63)48-30-26-46(27-31-48)47-28-32-49(33-29-47)69-65-40-36-55(72(5,6)52-22-14-15-23-52)44-61(65)62-45-56(37-41-66(62)69)73(7,8)67-57-24-16-17-25-58(57)67/h26-45,50-52,57-58,67H,9-25H2,1-8H3. The Balaban J connectivity index is 0.861. The fraction of sp³-hybridized carbons (Fsp3) is 0.463. The Morgan fingerprint density at radius 1 is 0.301 bits per heavy atom. The van der Waals surface area contributed by atoms with Crippen LogP contribution in [0, 0.1) is 11.8 Å². The minimum absolute atomic E-state index is 0.886. The lowest BCUT2D eigenvalue weighted by Gasteiger charge is -2.36. The highest BCUT2D eigenvalue weighted by Gasteiger charge is 2.58. The summed E-state index contributed by atoms with van der Waals surface area (Å²) in [5.41, 5.74) is 14.1. The van der Waals surface area contributed by atoms with E-state index >= 15 is 0 Å². The van der Waals surface area contributed by atoms with Gasteiger partial charge in [-0.05, 0) is 93.7 Å². The molecule has 6 heteroatoms. The van der Waals surface area contributed by atoms with Crippen molar-refractivity contribution in [3.8, 4) is 22.5 Å². The molecule has 73 heavy (non-hydrogen) atoms. The Morgan fingerprint density at radius 3 is 0.890 bits per heavy atom. The third kappa shape index (κ3) is 8.06. The zero-order chi connectivity index (χ0) is 50.0. The van der Waals surface area contributed by atoms with Gasteiger partial charge in [0.25, 0.3) is 0 Å². The number of rotatable bonds is 11. The van der Waals surface area contributed by atoms with E-state index in [1.165, 1.54) is 175 Å². The Labute approximate surface area is 442 Å². The maximum atomic E-state index is 2.70. The second kappa shape index (κ2) is 18.2. The molecule has 2 nitrogen and oxygen atoms in total. The zero-order valence-corrected chi connectivity index (χ0v) is 49.9. The lowest BCUT2D eigenvalue weighted by atomic mass is 10.0. The van der Waals surface area contributed by atoms with E-state index in [0.29, 0.717) is 0 Å². The summed E-state index contributed by atoms with van der Waals surface area (Å²) in [6.45, 7) is 21.4. The van der Waals surface area contributed by atoms with Gasteiger partial charge in [0.1, 0.15) is 0 Å². The van der Waals surface area contributed by atoms with E-state index < -0.39 is 32.3 Å². The molecule has 5 fully saturated rings. The Hall–Kier alpha value is -4.21. The molecule has 2 heterocycles. The van der Waals surface area contributed by atoms with Gasteiger partial charge in [-0.25, -0.2) is 0 Å². The van der Waals surface area contributed by atoms with Crippen LogP contribution < -0.4 is 20.7 Å². The fourth-order valence-corrected chi connectivity index (χ4v) is 31.2. The second-order valence-corrected chi connectivity index (χ2v) is 46.2. The summed E-state index contributed by atoms with van der Waals surface area (Å²) in [7, 11) is -6.54. The number of aromatic nitrogens is 2. The SMILES string of the molecule is C[Si](C)(c1ccc2c(c1)c1cc([Si](C)(C)C3CCCC3)ccc1n2-c1ccc(-c2ccc(-n3c4ccc([Si](C)(C)C5CCCC5)cc4c4cc([Si](C)(C)C5C6CCCCC65)ccc43)cc2)cc1)C1CCCCC1. The number of fused-ring (bicyclic) bond motifs is 7. The summed E-state index contributed by atoms with van der Waals surface area (Å²) in [6.07, 6.45) is 24.3. The molecule has 5 aliphatic rings. The Bertz CT molecular complexity index is 3360. The van der Waals surface area contributed by atoms with Crippen molar-refractivity contribution >= 4 is 96.7 Å². The molecular weight excluding hydrogens is 945 g/mol. The lowest BCUT2D eigenvalue weighted by Crippen LogP contribution is -2.46. The van der Waals surface area contributed by atoms with Gasteiger partial charge in [-0.15, -0.1) is 0 Å². The zero-order valence-electron chi connectivity index (χ0n) is 45.9. The number of hydrogen-bond acceptors (Lipinski definition) is 0. The first-order chi connectivity index (χ1) is 35.2. The molecule has 5 saturated carbocycles. The molecule has 2 atom stereocenters. The maximum Gasteiger partial charge on any atom is 0.0842 e. The van der Waals surface area contributed by atoms with E-state index in [1.54, 1.807) is 20.7 Å². The molecule has 5 aliphatic carbocycles. The fourth-order valence-electron chi connectivity index (χ4n) is 16.9. The topological polar surface area (TPSA) is 9.86 Å². The van der Waals surface area contributed by atoms with Gasteiger partial charge < -0.3 is 9.13 Å². The molecule has 0 spiro atoms. The van der Waals surface area contributed by atoms with Crippen molar-refractivity contribution in [2.24, 2.45) is 11.8 Å². The van der Waals surface area contributed by atoms with Gasteiger partial charge in [-0.3, -0.25) is 0 Å². The van der Waals surface area contributed by atoms with Crippen LogP contribution in [0.5, 0.6) is 0 Å². The van der Waals surface area contributed by atoms with Crippen molar-refractivity contribution in [3.63, 3.8) is 0 Å². The molecular formula is C67H84N2Si4. The Morgan fingerprint density at radius 2 is 0.575 bits per heavy atom. The molecule has 8 aromatic rings. The number of hydrogen-bond donors (Lipinski definition) is 0. The van der Waals surface area contributed by atoms with Gasteiger partial charge in [0, 0.05) is 32.9 Å². The highest BCUT2D eigenvalue weighted by atomic mass is 28.3. The van der Waals surface area contributed by atoms with Crippen LogP contribution in [0.3, 0.4) is 0 Å². The van der Waals surface area contributed by atoms with Crippen LogP contribution in [0.15, 0.2) is 121 Å². The molecule has 378 valence electrons. The first-order valence-electron chi connectivity index (χ1n) is 29.6. The van der Waals surface area contributed by atoms with Crippen LogP contribution in [0.4, 0.5) is 0 Å². The average molecular weight is 1030 g/mol. The minimum Gasteiger partial charge on any atom is -0.309 e. The van der Waals surface area contributed by atoms with Crippen LogP contribution in [0.2, 0.25) is 74.5 Å². The van der Waals surface area contributed by atoms with Crippen LogP contribution in [-0.2, 0) is 0 Å². The van der Waals surface area contributed by atoms with E-state index in [4.69, 9.17) is 0 Å². The molecule has 0 bridgehead atoms. The maximum absolute atomic E-state index is 2.70. The number of nitrogens with zero attached hydrogens (tertiary/aromatic N) is 2. The van der Waals surface area contributed by atoms with Gasteiger partial charge >= 0.3 is 0 Å². The highest BCUT2D eigenvalue weighted by Crippen LogP contribution is 2.64. The monoisotopic (exact) mass is 1030 g/mol. The highest BCUT2D eigenvalue weighted by molar-refractivity contribution is 6.93. The molecule has 2 unspecified atom stereocenters. The van der Waals surface area contributed by atoms with Crippen LogP contribution in [0.1, 0.15) is 109 Å². The van der Waals surface area contributed by atoms with Gasteiger partial charge in [-0.2, -0.15) is 0 Å². The Kier molecular flexibility index (Phi) is 12.1. The molecule has 0 radical (unpaired) electrons. The normalized spacial score (nSPS) is 21.8. The third-order valence-corrected chi connectivity index (χ3v) is 39.5. The lowest BCUT2D eigenvalue weighted by molar-refractivity contribution is 0.480. The predicted octanol–water partition coefficient (Wildman–Crippen LogP) is 17.6. The second-order valence-electron chi connectivity index (χ2n) is 27.0. The van der Waals surface area contributed by atoms with Crippen molar-refractivity contribution in [1.82, 2.24) is 9.13 Å². The van der Waals surface area contributed by atoms with Gasteiger partial charge in [-0.1, -0.05) is 255 Å². The summed E-state index contributed by atoms with van der Waals surface area (Å²) in [5.74, 6) is 1.99. The summed E-state index contributed by atoms with van der Waals surface area (Å²) >= 11 is 0. The summed E-state index contributed by atoms with van der Waals surface area (Å²) in [4.78, 5) is 0. The minimum atomic E-state index is -1.65. The molecule has 0 N–H and O–H groups in total. The van der Waals surface area contributed by atoms with E-state index in [2.05, 4.69) is 183 Å². The smallest absolute Gasteiger partial charge is 0.0842 e. The van der Waals surface area contributed by atoms with E-state index in [9.17, 15) is 0 Å². The van der Waals surface area contributed by atoms with Gasteiger partial charge in [0.2, 0.25) is 0 Å². The molecule has 2 aromatic heterocycles. The van der Waals surface area contributed by atoms with Crippen molar-refractivity contribution < 1.29 is 0 Å². The van der Waals surface area contributed by atoms with Gasteiger partial charge in [0.15, 0.2) is 0 Å². The predicted molar refractivity (Wildman–Crippen MR) is 329 cm³/mol. The molecule has 13 rings (SSSR count). The van der Waals surface area contributed by atoms with Crippen molar-refractivity contribution in [1.29, 1.82) is 0 Å². The van der Waals surface area contributed by atoms with Crippen LogP contribution in [-0.4, -0.2) is 41.4 Å². The van der Waals surface area contributed by atoms with Crippen molar-refractivity contribution in [3.05, 3.63) is 121 Å². The van der Waals surface area contributed by atoms with Crippen LogP contribution >= 0.6 is 0 Å². The molecule has 0 aliphatic heterocycles. The molecule has 0 amide bonds. The third-order valence-electron chi connectivity index (χ3n) is 22.0. The summed E-state index contributed by atoms with van der Waals surface area (Å²) < 4.78 is 5.18. The largest absolute Gasteiger partial charge is 0.309 e. The quantitative estimate of drug-likeness (QED) is 0.114. The van der Waals surface area contributed by atoms with E-state index in [0.717, 1.165) is 34.0 Å².